The fourth-order valence-electron chi connectivity index (χ4n) is 2.54. The molecule has 2 aromatic rings. The molecule has 0 spiro atoms. The van der Waals surface area contributed by atoms with E-state index in [-0.39, 0.29) is 10.5 Å². The molecule has 0 radical (unpaired) electrons. The minimum atomic E-state index is -3.70. The summed E-state index contributed by atoms with van der Waals surface area (Å²) >= 11 is 0. The van der Waals surface area contributed by atoms with Gasteiger partial charge in [0.25, 0.3) is 5.91 Å². The smallest absolute Gasteiger partial charge is 0.338 e. The van der Waals surface area contributed by atoms with Crippen LogP contribution in [0.4, 0.5) is 5.69 Å². The van der Waals surface area contributed by atoms with Crippen LogP contribution in [-0.4, -0.2) is 43.8 Å². The lowest BCUT2D eigenvalue weighted by Gasteiger charge is -2.19. The summed E-state index contributed by atoms with van der Waals surface area (Å²) in [5.41, 5.74) is 0.648. The highest BCUT2D eigenvalue weighted by Crippen LogP contribution is 2.18. The van der Waals surface area contributed by atoms with E-state index < -0.39 is 28.0 Å². The Hall–Kier alpha value is -2.71. The van der Waals surface area contributed by atoms with E-state index >= 15 is 0 Å². The minimum absolute atomic E-state index is 0.00652. The van der Waals surface area contributed by atoms with Gasteiger partial charge < -0.3 is 10.1 Å². The summed E-state index contributed by atoms with van der Waals surface area (Å²) in [7, 11) is -3.70. The van der Waals surface area contributed by atoms with Gasteiger partial charge in [-0.15, -0.1) is 0 Å². The number of ether oxygens (including phenoxy) is 1. The number of anilines is 1. The second-order valence-electron chi connectivity index (χ2n) is 6.02. The van der Waals surface area contributed by atoms with Crippen molar-refractivity contribution in [2.24, 2.45) is 0 Å². The number of carbonyl (C=O) groups is 2. The first-order valence-corrected chi connectivity index (χ1v) is 10.4. The molecule has 0 heterocycles. The Balaban J connectivity index is 2.11. The first-order valence-electron chi connectivity index (χ1n) is 8.96. The molecule has 0 saturated carbocycles. The maximum Gasteiger partial charge on any atom is 0.338 e. The number of esters is 1. The molecule has 2 aromatic carbocycles. The Kier molecular flexibility index (Phi) is 7.31. The molecule has 0 aliphatic carbocycles. The molecule has 0 bridgehead atoms. The van der Waals surface area contributed by atoms with Crippen molar-refractivity contribution in [3.8, 4) is 0 Å². The van der Waals surface area contributed by atoms with Crippen LogP contribution in [0.3, 0.4) is 0 Å². The summed E-state index contributed by atoms with van der Waals surface area (Å²) in [6, 6.07) is 14.4. The minimum Gasteiger partial charge on any atom is -0.449 e. The van der Waals surface area contributed by atoms with Crippen LogP contribution in [0.15, 0.2) is 59.5 Å². The van der Waals surface area contributed by atoms with E-state index in [1.54, 1.807) is 38.1 Å². The zero-order valence-corrected chi connectivity index (χ0v) is 16.9. The van der Waals surface area contributed by atoms with Crippen LogP contribution in [0.1, 0.15) is 31.1 Å². The van der Waals surface area contributed by atoms with Crippen molar-refractivity contribution in [3.05, 3.63) is 60.2 Å². The molecular weight excluding hydrogens is 380 g/mol. The predicted molar refractivity (Wildman–Crippen MR) is 106 cm³/mol. The molecule has 28 heavy (non-hydrogen) atoms. The van der Waals surface area contributed by atoms with Gasteiger partial charge in [0.1, 0.15) is 0 Å². The monoisotopic (exact) mass is 404 g/mol. The molecule has 0 unspecified atom stereocenters. The number of hydrogen-bond donors (Lipinski definition) is 1. The van der Waals surface area contributed by atoms with Crippen LogP contribution in [0, 0.1) is 0 Å². The van der Waals surface area contributed by atoms with Gasteiger partial charge in [-0.3, -0.25) is 4.79 Å². The number of nitrogens with zero attached hydrogens (tertiary/aromatic N) is 1. The normalized spacial score (nSPS) is 12.4. The van der Waals surface area contributed by atoms with Crippen molar-refractivity contribution in [1.29, 1.82) is 0 Å². The van der Waals surface area contributed by atoms with Crippen LogP contribution >= 0.6 is 0 Å². The van der Waals surface area contributed by atoms with Crippen LogP contribution in [0.5, 0.6) is 0 Å². The summed E-state index contributed by atoms with van der Waals surface area (Å²) in [5.74, 6) is -1.25. The van der Waals surface area contributed by atoms with Crippen molar-refractivity contribution in [1.82, 2.24) is 4.31 Å². The average molecular weight is 404 g/mol. The lowest BCUT2D eigenvalue weighted by molar-refractivity contribution is -0.123. The van der Waals surface area contributed by atoms with Crippen LogP contribution in [-0.2, 0) is 19.6 Å². The van der Waals surface area contributed by atoms with Gasteiger partial charge >= 0.3 is 5.97 Å². The molecule has 0 fully saturated rings. The third-order valence-corrected chi connectivity index (χ3v) is 6.15. The molecule has 1 atom stereocenters. The van der Waals surface area contributed by atoms with Gasteiger partial charge in [0.2, 0.25) is 10.0 Å². The van der Waals surface area contributed by atoms with Gasteiger partial charge in [-0.25, -0.2) is 13.2 Å². The Morgan fingerprint density at radius 2 is 1.68 bits per heavy atom. The number of hydrogen-bond acceptors (Lipinski definition) is 5. The van der Waals surface area contributed by atoms with Crippen molar-refractivity contribution in [2.75, 3.05) is 18.4 Å². The van der Waals surface area contributed by atoms with Gasteiger partial charge in [-0.2, -0.15) is 4.31 Å². The average Bonchev–Trinajstić information content (AvgIpc) is 2.69. The van der Waals surface area contributed by atoms with Crippen LogP contribution in [0.2, 0.25) is 0 Å². The van der Waals surface area contributed by atoms with Gasteiger partial charge in [-0.1, -0.05) is 38.1 Å². The summed E-state index contributed by atoms with van der Waals surface area (Å²) in [6.45, 7) is 5.58. The molecule has 0 saturated heterocycles. The third kappa shape index (κ3) is 5.17. The lowest BCUT2D eigenvalue weighted by atomic mass is 10.2. The number of benzene rings is 2. The highest BCUT2D eigenvalue weighted by molar-refractivity contribution is 7.89. The van der Waals surface area contributed by atoms with E-state index in [0.29, 0.717) is 18.8 Å². The number of nitrogens with one attached hydrogen (secondary N) is 1. The molecule has 1 amide bonds. The zero-order valence-electron chi connectivity index (χ0n) is 16.1. The number of rotatable bonds is 8. The van der Waals surface area contributed by atoms with Crippen molar-refractivity contribution >= 4 is 27.6 Å². The Morgan fingerprint density at radius 3 is 2.29 bits per heavy atom. The second-order valence-corrected chi connectivity index (χ2v) is 7.96. The molecule has 150 valence electrons. The molecular formula is C20H24N2O5S. The molecule has 1 N–H and O–H groups in total. The summed E-state index contributed by atoms with van der Waals surface area (Å²) in [5, 5.41) is 2.65. The van der Waals surface area contributed by atoms with Crippen LogP contribution < -0.4 is 5.32 Å². The van der Waals surface area contributed by atoms with Crippen LogP contribution in [0.25, 0.3) is 0 Å². The first-order chi connectivity index (χ1) is 13.3. The molecule has 0 aliphatic rings. The summed E-state index contributed by atoms with van der Waals surface area (Å²) in [4.78, 5) is 24.6. The molecule has 2 rings (SSSR count). The topological polar surface area (TPSA) is 92.8 Å². The second kappa shape index (κ2) is 9.48. The fourth-order valence-corrected chi connectivity index (χ4v) is 4.05. The van der Waals surface area contributed by atoms with Gasteiger partial charge in [-0.05, 0) is 37.3 Å². The molecule has 7 nitrogen and oxygen atoms in total. The highest BCUT2D eigenvalue weighted by atomic mass is 32.2. The SMILES string of the molecule is CCN(CC)S(=O)(=O)c1cccc(C(=O)O[C@H](C)C(=O)Nc2ccccc2)c1. The Labute approximate surface area is 165 Å². The van der Waals surface area contributed by atoms with E-state index in [1.165, 1.54) is 35.5 Å². The van der Waals surface area contributed by atoms with E-state index in [4.69, 9.17) is 4.74 Å². The van der Waals surface area contributed by atoms with Crippen molar-refractivity contribution in [2.45, 2.75) is 31.8 Å². The van der Waals surface area contributed by atoms with Gasteiger partial charge in [0.05, 0.1) is 10.5 Å². The number of carbonyl (C=O) groups excluding carboxylic acids is 2. The number of para-hydroxylation sites is 1. The molecule has 0 aromatic heterocycles. The lowest BCUT2D eigenvalue weighted by Crippen LogP contribution is -2.31. The van der Waals surface area contributed by atoms with E-state index in [1.807, 2.05) is 6.07 Å². The predicted octanol–water partition coefficient (Wildman–Crippen LogP) is 2.90. The van der Waals surface area contributed by atoms with Crippen molar-refractivity contribution < 1.29 is 22.7 Å². The van der Waals surface area contributed by atoms with E-state index in [9.17, 15) is 18.0 Å². The molecule has 8 heteroatoms. The van der Waals surface area contributed by atoms with Crippen molar-refractivity contribution in [3.63, 3.8) is 0 Å². The summed E-state index contributed by atoms with van der Waals surface area (Å²) in [6.07, 6.45) is -1.05. The maximum absolute atomic E-state index is 12.6. The standard InChI is InChI=1S/C20H24N2O5S/c1-4-22(5-2)28(25,26)18-13-9-10-16(14-18)20(24)27-15(3)19(23)21-17-11-7-6-8-12-17/h6-15H,4-5H2,1-3H3,(H,21,23)/t15-/m1/s1. The Bertz CT molecular complexity index is 925. The zero-order chi connectivity index (χ0) is 20.7. The fraction of sp³-hybridized carbons (Fsp3) is 0.300. The summed E-state index contributed by atoms with van der Waals surface area (Å²) < 4.78 is 31.7. The van der Waals surface area contributed by atoms with Gasteiger partial charge in [0, 0.05) is 18.8 Å². The first kappa shape index (κ1) is 21.6. The van der Waals surface area contributed by atoms with E-state index in [2.05, 4.69) is 5.32 Å². The van der Waals surface area contributed by atoms with Gasteiger partial charge in [0.15, 0.2) is 6.10 Å². The quantitative estimate of drug-likeness (QED) is 0.683. The highest BCUT2D eigenvalue weighted by Gasteiger charge is 2.24. The molecule has 0 aliphatic heterocycles. The number of sulfonamides is 1. The number of amides is 1. The Morgan fingerprint density at radius 1 is 1.04 bits per heavy atom. The third-order valence-electron chi connectivity index (χ3n) is 4.11. The maximum atomic E-state index is 12.6. The largest absolute Gasteiger partial charge is 0.449 e. The van der Waals surface area contributed by atoms with E-state index in [0.717, 1.165) is 0 Å².